The van der Waals surface area contributed by atoms with Crippen LogP contribution in [0, 0.1) is 0 Å². The highest BCUT2D eigenvalue weighted by Crippen LogP contribution is 2.09. The third-order valence-corrected chi connectivity index (χ3v) is 2.89. The summed E-state index contributed by atoms with van der Waals surface area (Å²) in [7, 11) is 0.160. The SMILES string of the molecule is CC(=O)N(C)C(=O)C[Si](C)(C)C. The molecule has 0 aliphatic rings. The molecule has 4 heteroatoms. The monoisotopic (exact) mass is 187 g/mol. The fourth-order valence-corrected chi connectivity index (χ4v) is 1.89. The standard InChI is InChI=1S/C8H17NO2Si/c1-7(10)9(2)8(11)6-12(3,4)5/h6H2,1-5H3. The summed E-state index contributed by atoms with van der Waals surface area (Å²) in [4.78, 5) is 23.3. The van der Waals surface area contributed by atoms with Gasteiger partial charge in [0.15, 0.2) is 0 Å². The third kappa shape index (κ3) is 4.28. The van der Waals surface area contributed by atoms with Crippen molar-refractivity contribution in [3.63, 3.8) is 0 Å². The maximum Gasteiger partial charge on any atom is 0.226 e. The van der Waals surface area contributed by atoms with E-state index in [9.17, 15) is 9.59 Å². The van der Waals surface area contributed by atoms with E-state index in [0.717, 1.165) is 0 Å². The highest BCUT2D eigenvalue weighted by molar-refractivity contribution is 6.78. The van der Waals surface area contributed by atoms with E-state index in [1.54, 1.807) is 0 Å². The summed E-state index contributed by atoms with van der Waals surface area (Å²) in [5.74, 6) is -0.236. The van der Waals surface area contributed by atoms with Crippen molar-refractivity contribution < 1.29 is 9.59 Å². The largest absolute Gasteiger partial charge is 0.286 e. The van der Waals surface area contributed by atoms with Gasteiger partial charge < -0.3 is 0 Å². The Bertz CT molecular complexity index is 196. The van der Waals surface area contributed by atoms with E-state index in [4.69, 9.17) is 0 Å². The minimum absolute atomic E-state index is 0.0540. The molecule has 0 fully saturated rings. The van der Waals surface area contributed by atoms with Gasteiger partial charge >= 0.3 is 0 Å². The van der Waals surface area contributed by atoms with Crippen LogP contribution in [0.1, 0.15) is 6.92 Å². The Hall–Kier alpha value is -0.643. The summed E-state index contributed by atoms with van der Waals surface area (Å²) in [5, 5.41) is 0. The minimum Gasteiger partial charge on any atom is -0.286 e. The van der Waals surface area contributed by atoms with Crippen LogP contribution in [0.15, 0.2) is 0 Å². The molecule has 3 nitrogen and oxygen atoms in total. The lowest BCUT2D eigenvalue weighted by molar-refractivity contribution is -0.140. The van der Waals surface area contributed by atoms with E-state index in [1.165, 1.54) is 18.9 Å². The number of hydrogen-bond acceptors (Lipinski definition) is 2. The Morgan fingerprint density at radius 2 is 1.67 bits per heavy atom. The molecule has 0 atom stereocenters. The first-order valence-electron chi connectivity index (χ1n) is 4.01. The molecule has 0 spiro atoms. The maximum absolute atomic E-state index is 11.3. The van der Waals surface area contributed by atoms with Crippen LogP contribution in [0.25, 0.3) is 0 Å². The van der Waals surface area contributed by atoms with Gasteiger partial charge in [0, 0.05) is 20.0 Å². The first-order chi connectivity index (χ1) is 5.24. The van der Waals surface area contributed by atoms with E-state index in [1.807, 2.05) is 0 Å². The number of nitrogens with zero attached hydrogens (tertiary/aromatic N) is 1. The number of amides is 2. The first-order valence-corrected chi connectivity index (χ1v) is 7.72. The van der Waals surface area contributed by atoms with Gasteiger partial charge in [-0.25, -0.2) is 0 Å². The number of hydrogen-bond donors (Lipinski definition) is 0. The Balaban J connectivity index is 4.15. The molecule has 0 aromatic rings. The molecule has 0 aromatic heterocycles. The molecule has 0 heterocycles. The van der Waals surface area contributed by atoms with Crippen molar-refractivity contribution in [3.8, 4) is 0 Å². The predicted octanol–water partition coefficient (Wildman–Crippen LogP) is 1.33. The average molecular weight is 187 g/mol. The summed E-state index contributed by atoms with van der Waals surface area (Å²) < 4.78 is 0. The van der Waals surface area contributed by atoms with Crippen molar-refractivity contribution in [2.45, 2.75) is 32.6 Å². The van der Waals surface area contributed by atoms with Crippen molar-refractivity contribution >= 4 is 19.9 Å². The third-order valence-electron chi connectivity index (χ3n) is 1.53. The molecule has 2 amide bonds. The van der Waals surface area contributed by atoms with Gasteiger partial charge in [0.1, 0.15) is 0 Å². The van der Waals surface area contributed by atoms with Gasteiger partial charge in [-0.2, -0.15) is 0 Å². The van der Waals surface area contributed by atoms with Crippen LogP contribution >= 0.6 is 0 Å². The minimum atomic E-state index is -1.37. The zero-order valence-corrected chi connectivity index (χ0v) is 9.47. The zero-order valence-electron chi connectivity index (χ0n) is 8.47. The molecule has 70 valence electrons. The van der Waals surface area contributed by atoms with E-state index >= 15 is 0 Å². The molecule has 0 radical (unpaired) electrons. The number of imide groups is 1. The van der Waals surface area contributed by atoms with Crippen molar-refractivity contribution in [1.29, 1.82) is 0 Å². The van der Waals surface area contributed by atoms with E-state index in [-0.39, 0.29) is 11.8 Å². The van der Waals surface area contributed by atoms with Gasteiger partial charge in [-0.1, -0.05) is 19.6 Å². The lowest BCUT2D eigenvalue weighted by atomic mass is 10.5. The lowest BCUT2D eigenvalue weighted by Gasteiger charge is -2.19. The second kappa shape index (κ2) is 3.84. The Kier molecular flexibility index (Phi) is 3.64. The van der Waals surface area contributed by atoms with Crippen molar-refractivity contribution in [2.24, 2.45) is 0 Å². The van der Waals surface area contributed by atoms with Gasteiger partial charge in [-0.15, -0.1) is 0 Å². The van der Waals surface area contributed by atoms with Gasteiger partial charge in [0.05, 0.1) is 8.07 Å². The fourth-order valence-electron chi connectivity index (χ4n) is 0.748. The average Bonchev–Trinajstić information content (AvgIpc) is 1.82. The van der Waals surface area contributed by atoms with E-state index in [0.29, 0.717) is 6.04 Å². The topological polar surface area (TPSA) is 37.4 Å². The summed E-state index contributed by atoms with van der Waals surface area (Å²) in [6.45, 7) is 7.73. The molecule has 0 rings (SSSR count). The highest BCUT2D eigenvalue weighted by atomic mass is 28.3. The predicted molar refractivity (Wildman–Crippen MR) is 51.6 cm³/mol. The molecule has 0 saturated carbocycles. The van der Waals surface area contributed by atoms with Crippen LogP contribution in [0.2, 0.25) is 25.7 Å². The van der Waals surface area contributed by atoms with Crippen LogP contribution < -0.4 is 0 Å². The quantitative estimate of drug-likeness (QED) is 0.612. The Labute approximate surface area is 74.8 Å². The lowest BCUT2D eigenvalue weighted by Crippen LogP contribution is -2.36. The smallest absolute Gasteiger partial charge is 0.226 e. The van der Waals surface area contributed by atoms with Crippen LogP contribution in [0.4, 0.5) is 0 Å². The fraction of sp³-hybridized carbons (Fsp3) is 0.750. The van der Waals surface area contributed by atoms with Gasteiger partial charge in [-0.3, -0.25) is 14.5 Å². The van der Waals surface area contributed by atoms with Crippen LogP contribution in [0.3, 0.4) is 0 Å². The number of rotatable bonds is 2. The Morgan fingerprint density at radius 3 is 1.92 bits per heavy atom. The second-order valence-corrected chi connectivity index (χ2v) is 9.68. The first kappa shape index (κ1) is 11.4. The normalized spacial score (nSPS) is 11.1. The molecule has 0 aliphatic heterocycles. The Morgan fingerprint density at radius 1 is 1.25 bits per heavy atom. The van der Waals surface area contributed by atoms with Crippen molar-refractivity contribution in [2.75, 3.05) is 7.05 Å². The molecule has 0 N–H and O–H groups in total. The van der Waals surface area contributed by atoms with Crippen LogP contribution in [-0.2, 0) is 9.59 Å². The van der Waals surface area contributed by atoms with Crippen LogP contribution in [-0.4, -0.2) is 31.8 Å². The molecule has 0 unspecified atom stereocenters. The second-order valence-electron chi connectivity index (χ2n) is 4.21. The van der Waals surface area contributed by atoms with Gasteiger partial charge in [-0.05, 0) is 0 Å². The highest BCUT2D eigenvalue weighted by Gasteiger charge is 2.22. The summed E-state index contributed by atoms with van der Waals surface area (Å²) in [6.07, 6.45) is 0. The van der Waals surface area contributed by atoms with E-state index in [2.05, 4.69) is 19.6 Å². The molecule has 0 bridgehead atoms. The number of carbonyl (C=O) groups excluding carboxylic acids is 2. The molecule has 0 aliphatic carbocycles. The molecule has 0 saturated heterocycles. The summed E-state index contributed by atoms with van der Waals surface area (Å²) >= 11 is 0. The van der Waals surface area contributed by atoms with Crippen molar-refractivity contribution in [1.82, 2.24) is 4.90 Å². The zero-order chi connectivity index (χ0) is 9.94. The van der Waals surface area contributed by atoms with Crippen LogP contribution in [0.5, 0.6) is 0 Å². The number of carbonyl (C=O) groups is 2. The molecular formula is C8H17NO2Si. The molecular weight excluding hydrogens is 170 g/mol. The van der Waals surface area contributed by atoms with Gasteiger partial charge in [0.25, 0.3) is 0 Å². The summed E-state index contributed by atoms with van der Waals surface area (Å²) in [6, 6.07) is 0.545. The molecule has 12 heavy (non-hydrogen) atoms. The maximum atomic E-state index is 11.3. The van der Waals surface area contributed by atoms with Crippen molar-refractivity contribution in [3.05, 3.63) is 0 Å². The summed E-state index contributed by atoms with van der Waals surface area (Å²) in [5.41, 5.74) is 0. The van der Waals surface area contributed by atoms with E-state index < -0.39 is 8.07 Å². The van der Waals surface area contributed by atoms with Gasteiger partial charge in [0.2, 0.25) is 11.8 Å². The molecule has 0 aromatic carbocycles.